The highest BCUT2D eigenvalue weighted by Crippen LogP contribution is 2.40. The molecule has 1 aromatic carbocycles. The van der Waals surface area contributed by atoms with E-state index in [0.717, 1.165) is 48.3 Å². The molecule has 2 aliphatic carbocycles. The van der Waals surface area contributed by atoms with Crippen LogP contribution in [-0.2, 0) is 11.2 Å². The van der Waals surface area contributed by atoms with Crippen molar-refractivity contribution in [3.05, 3.63) is 63.1 Å². The number of hydrogen-bond acceptors (Lipinski definition) is 3. The third-order valence-corrected chi connectivity index (χ3v) is 5.32. The van der Waals surface area contributed by atoms with Crippen LogP contribution in [-0.4, -0.2) is 21.9 Å². The molecule has 1 amide bonds. The summed E-state index contributed by atoms with van der Waals surface area (Å²) in [7, 11) is 0. The van der Waals surface area contributed by atoms with Gasteiger partial charge in [0.2, 0.25) is 5.91 Å². The van der Waals surface area contributed by atoms with Crippen LogP contribution in [0.1, 0.15) is 60.2 Å². The monoisotopic (exact) mass is 355 g/mol. The smallest absolute Gasteiger partial charge is 0.251 e. The molecule has 0 aliphatic heterocycles. The van der Waals surface area contributed by atoms with Gasteiger partial charge in [-0.3, -0.25) is 9.59 Å². The Labute approximate surface area is 151 Å². The van der Waals surface area contributed by atoms with Gasteiger partial charge in [0.25, 0.3) is 5.56 Å². The van der Waals surface area contributed by atoms with Crippen molar-refractivity contribution in [2.24, 2.45) is 0 Å². The van der Waals surface area contributed by atoms with Crippen LogP contribution >= 0.6 is 0 Å². The van der Waals surface area contributed by atoms with Crippen LogP contribution in [0.25, 0.3) is 0 Å². The van der Waals surface area contributed by atoms with Gasteiger partial charge < -0.3 is 10.3 Å². The lowest BCUT2D eigenvalue weighted by molar-refractivity contribution is -0.121. The molecule has 2 aliphatic rings. The number of nitrogens with zero attached hydrogens (tertiary/aromatic N) is 1. The Balaban J connectivity index is 1.32. The van der Waals surface area contributed by atoms with E-state index in [1.807, 2.05) is 0 Å². The third-order valence-electron chi connectivity index (χ3n) is 5.32. The Morgan fingerprint density at radius 2 is 2.04 bits per heavy atom. The minimum Gasteiger partial charge on any atom is -0.353 e. The van der Waals surface area contributed by atoms with Crippen molar-refractivity contribution in [2.45, 2.75) is 56.9 Å². The quantitative estimate of drug-likeness (QED) is 0.866. The van der Waals surface area contributed by atoms with Crippen molar-refractivity contribution in [1.82, 2.24) is 15.3 Å². The van der Waals surface area contributed by atoms with E-state index in [1.54, 1.807) is 19.1 Å². The van der Waals surface area contributed by atoms with E-state index >= 15 is 0 Å². The van der Waals surface area contributed by atoms with Gasteiger partial charge >= 0.3 is 0 Å². The average molecular weight is 355 g/mol. The summed E-state index contributed by atoms with van der Waals surface area (Å²) in [5.74, 6) is 1.11. The molecule has 26 heavy (non-hydrogen) atoms. The van der Waals surface area contributed by atoms with E-state index in [1.165, 1.54) is 12.1 Å². The second kappa shape index (κ2) is 6.67. The number of hydrogen-bond donors (Lipinski definition) is 2. The van der Waals surface area contributed by atoms with E-state index < -0.39 is 0 Å². The topological polar surface area (TPSA) is 74.8 Å². The molecule has 0 saturated heterocycles. The van der Waals surface area contributed by atoms with E-state index in [-0.39, 0.29) is 35.7 Å². The summed E-state index contributed by atoms with van der Waals surface area (Å²) in [6.45, 7) is 1.81. The summed E-state index contributed by atoms with van der Waals surface area (Å²) in [6.07, 6.45) is 4.04. The summed E-state index contributed by atoms with van der Waals surface area (Å²) in [5.41, 5.74) is 2.38. The molecule has 6 heteroatoms. The van der Waals surface area contributed by atoms with Gasteiger partial charge in [-0.15, -0.1) is 0 Å². The van der Waals surface area contributed by atoms with Crippen LogP contribution < -0.4 is 10.9 Å². The Morgan fingerprint density at radius 3 is 2.73 bits per heavy atom. The fourth-order valence-electron chi connectivity index (χ4n) is 3.54. The number of amides is 1. The SMILES string of the molecule is Cc1cc(F)ccc1CC(=O)NC1CC(c2cc(=O)[nH]c(C3CC3)n2)C1. The number of aromatic nitrogens is 2. The number of rotatable bonds is 5. The van der Waals surface area contributed by atoms with Crippen molar-refractivity contribution < 1.29 is 9.18 Å². The van der Waals surface area contributed by atoms with Gasteiger partial charge in [0.15, 0.2) is 0 Å². The fraction of sp³-hybridized carbons (Fsp3) is 0.450. The van der Waals surface area contributed by atoms with Gasteiger partial charge in [-0.25, -0.2) is 9.37 Å². The average Bonchev–Trinajstić information content (AvgIpc) is 3.37. The number of H-pyrrole nitrogens is 1. The van der Waals surface area contributed by atoms with E-state index in [9.17, 15) is 14.0 Å². The minimum absolute atomic E-state index is 0.0549. The number of carbonyl (C=O) groups excluding carboxylic acids is 1. The van der Waals surface area contributed by atoms with Crippen LogP contribution in [0.5, 0.6) is 0 Å². The Bertz CT molecular complexity index is 898. The van der Waals surface area contributed by atoms with Gasteiger partial charge in [0.05, 0.1) is 12.1 Å². The molecule has 0 radical (unpaired) electrons. The zero-order chi connectivity index (χ0) is 18.3. The number of nitrogens with one attached hydrogen (secondary N) is 2. The third kappa shape index (κ3) is 3.69. The maximum atomic E-state index is 13.1. The Hall–Kier alpha value is -2.50. The summed E-state index contributed by atoms with van der Waals surface area (Å²) in [4.78, 5) is 31.5. The standard InChI is InChI=1S/C20H22FN3O2/c1-11-6-15(21)5-4-13(11)9-18(25)22-16-7-14(8-16)17-10-19(26)24-20(23-17)12-2-3-12/h4-6,10,12,14,16H,2-3,7-9H2,1H3,(H,22,25)(H,23,24,26). The fourth-order valence-corrected chi connectivity index (χ4v) is 3.54. The highest BCUT2D eigenvalue weighted by molar-refractivity contribution is 5.79. The number of halogens is 1. The second-order valence-electron chi connectivity index (χ2n) is 7.51. The lowest BCUT2D eigenvalue weighted by atomic mass is 9.78. The van der Waals surface area contributed by atoms with Gasteiger partial charge in [-0.2, -0.15) is 0 Å². The van der Waals surface area contributed by atoms with Crippen molar-refractivity contribution >= 4 is 5.91 Å². The first-order chi connectivity index (χ1) is 12.5. The van der Waals surface area contributed by atoms with E-state index in [2.05, 4.69) is 15.3 Å². The summed E-state index contributed by atoms with van der Waals surface area (Å²) < 4.78 is 13.1. The molecule has 4 rings (SSSR count). The molecule has 5 nitrogen and oxygen atoms in total. The van der Waals surface area contributed by atoms with Crippen molar-refractivity contribution in [3.63, 3.8) is 0 Å². The van der Waals surface area contributed by atoms with Gasteiger partial charge in [-0.05, 0) is 55.9 Å². The Kier molecular flexibility index (Phi) is 4.34. The molecule has 2 fully saturated rings. The van der Waals surface area contributed by atoms with Gasteiger partial charge in [-0.1, -0.05) is 6.07 Å². The molecule has 1 aromatic heterocycles. The first kappa shape index (κ1) is 16.9. The molecule has 0 spiro atoms. The van der Waals surface area contributed by atoms with Crippen LogP contribution in [0, 0.1) is 12.7 Å². The maximum Gasteiger partial charge on any atom is 0.251 e. The Morgan fingerprint density at radius 1 is 1.27 bits per heavy atom. The highest BCUT2D eigenvalue weighted by Gasteiger charge is 2.34. The first-order valence-electron chi connectivity index (χ1n) is 9.13. The zero-order valence-corrected chi connectivity index (χ0v) is 14.7. The second-order valence-corrected chi connectivity index (χ2v) is 7.51. The summed E-state index contributed by atoms with van der Waals surface area (Å²) in [5, 5.41) is 3.02. The number of aromatic amines is 1. The molecular formula is C20H22FN3O2. The number of benzene rings is 1. The summed E-state index contributed by atoms with van der Waals surface area (Å²) >= 11 is 0. The predicted octanol–water partition coefficient (Wildman–Crippen LogP) is 2.70. The molecule has 0 atom stereocenters. The molecule has 2 N–H and O–H groups in total. The van der Waals surface area contributed by atoms with E-state index in [4.69, 9.17) is 0 Å². The molecule has 2 saturated carbocycles. The van der Waals surface area contributed by atoms with Crippen LogP contribution in [0.2, 0.25) is 0 Å². The largest absolute Gasteiger partial charge is 0.353 e. The lowest BCUT2D eigenvalue weighted by Crippen LogP contribution is -2.44. The van der Waals surface area contributed by atoms with Crippen molar-refractivity contribution in [3.8, 4) is 0 Å². The van der Waals surface area contributed by atoms with Crippen LogP contribution in [0.15, 0.2) is 29.1 Å². The normalized spacial score (nSPS) is 21.9. The number of carbonyl (C=O) groups is 1. The lowest BCUT2D eigenvalue weighted by Gasteiger charge is -2.35. The minimum atomic E-state index is -0.288. The number of aryl methyl sites for hydroxylation is 1. The van der Waals surface area contributed by atoms with Crippen molar-refractivity contribution in [2.75, 3.05) is 0 Å². The molecule has 136 valence electrons. The van der Waals surface area contributed by atoms with Crippen LogP contribution in [0.3, 0.4) is 0 Å². The predicted molar refractivity (Wildman–Crippen MR) is 95.6 cm³/mol. The summed E-state index contributed by atoms with van der Waals surface area (Å²) in [6, 6.07) is 6.17. The van der Waals surface area contributed by atoms with E-state index in [0.29, 0.717) is 5.92 Å². The molecular weight excluding hydrogens is 333 g/mol. The maximum absolute atomic E-state index is 13.1. The highest BCUT2D eigenvalue weighted by atomic mass is 19.1. The molecule has 0 bridgehead atoms. The van der Waals surface area contributed by atoms with Gasteiger partial charge in [0.1, 0.15) is 11.6 Å². The van der Waals surface area contributed by atoms with Gasteiger partial charge in [0, 0.05) is 23.9 Å². The molecule has 1 heterocycles. The molecule has 0 unspecified atom stereocenters. The molecule has 2 aromatic rings. The first-order valence-corrected chi connectivity index (χ1v) is 9.13. The van der Waals surface area contributed by atoms with Crippen molar-refractivity contribution in [1.29, 1.82) is 0 Å². The zero-order valence-electron chi connectivity index (χ0n) is 14.7. The van der Waals surface area contributed by atoms with Crippen LogP contribution in [0.4, 0.5) is 4.39 Å².